The maximum Gasteiger partial charge on any atom is 0.224 e. The molecule has 5 rings (SSSR count). The molecule has 2 saturated heterocycles. The van der Waals surface area contributed by atoms with Gasteiger partial charge < -0.3 is 9.73 Å². The highest BCUT2D eigenvalue weighted by Gasteiger charge is 2.33. The van der Waals surface area contributed by atoms with Gasteiger partial charge in [0, 0.05) is 30.6 Å². The third-order valence-electron chi connectivity index (χ3n) is 6.74. The van der Waals surface area contributed by atoms with Crippen molar-refractivity contribution in [2.24, 2.45) is 5.92 Å². The Kier molecular flexibility index (Phi) is 5.12. The van der Waals surface area contributed by atoms with E-state index < -0.39 is 0 Å². The molecule has 5 heteroatoms. The molecule has 1 aliphatic carbocycles. The van der Waals surface area contributed by atoms with Gasteiger partial charge in [-0.15, -0.1) is 0 Å². The first-order valence-corrected chi connectivity index (χ1v) is 11.0. The lowest BCUT2D eigenvalue weighted by Crippen LogP contribution is -2.50. The number of piperidine rings is 2. The van der Waals surface area contributed by atoms with Crippen molar-refractivity contribution in [3.8, 4) is 0 Å². The summed E-state index contributed by atoms with van der Waals surface area (Å²) >= 11 is 0. The average molecular weight is 382 g/mol. The zero-order chi connectivity index (χ0) is 18.9. The molecule has 28 heavy (non-hydrogen) atoms. The predicted octanol–water partition coefficient (Wildman–Crippen LogP) is 3.39. The lowest BCUT2D eigenvalue weighted by atomic mass is 9.93. The number of hydrogen-bond acceptors (Lipinski definition) is 4. The van der Waals surface area contributed by atoms with Crippen LogP contribution in [0.3, 0.4) is 0 Å². The van der Waals surface area contributed by atoms with Gasteiger partial charge in [0.1, 0.15) is 5.58 Å². The third-order valence-corrected chi connectivity index (χ3v) is 6.74. The molecule has 150 valence electrons. The van der Waals surface area contributed by atoms with Crippen LogP contribution in [0.5, 0.6) is 0 Å². The normalized spacial score (nSPS) is 25.2. The number of amides is 1. The summed E-state index contributed by atoms with van der Waals surface area (Å²) in [5.41, 5.74) is 2.33. The summed E-state index contributed by atoms with van der Waals surface area (Å²) in [6, 6.07) is 9.68. The maximum atomic E-state index is 12.5. The fourth-order valence-corrected chi connectivity index (χ4v) is 4.91. The molecule has 1 aromatic carbocycles. The Morgan fingerprint density at radius 1 is 1.07 bits per heavy atom. The molecule has 1 atom stereocenters. The number of carbonyl (C=O) groups is 1. The molecule has 3 fully saturated rings. The van der Waals surface area contributed by atoms with Gasteiger partial charge >= 0.3 is 0 Å². The van der Waals surface area contributed by atoms with Crippen molar-refractivity contribution in [1.29, 1.82) is 0 Å². The Labute approximate surface area is 167 Å². The van der Waals surface area contributed by atoms with Crippen molar-refractivity contribution in [1.82, 2.24) is 15.1 Å². The second-order valence-electron chi connectivity index (χ2n) is 8.92. The number of hydrogen-bond donors (Lipinski definition) is 1. The molecule has 1 saturated carbocycles. The van der Waals surface area contributed by atoms with Gasteiger partial charge in [-0.3, -0.25) is 14.6 Å². The first-order valence-electron chi connectivity index (χ1n) is 11.0. The molecule has 3 heterocycles. The van der Waals surface area contributed by atoms with Gasteiger partial charge in [-0.1, -0.05) is 6.07 Å². The van der Waals surface area contributed by atoms with Crippen molar-refractivity contribution >= 4 is 16.9 Å². The largest absolute Gasteiger partial charge is 0.464 e. The summed E-state index contributed by atoms with van der Waals surface area (Å²) in [5, 5.41) is 4.40. The molecule has 2 aromatic rings. The lowest BCUT2D eigenvalue weighted by Gasteiger charge is -2.42. The Bertz CT molecular complexity index is 820. The second kappa shape index (κ2) is 7.88. The third kappa shape index (κ3) is 4.11. The Morgan fingerprint density at radius 3 is 2.75 bits per heavy atom. The lowest BCUT2D eigenvalue weighted by molar-refractivity contribution is -0.127. The minimum atomic E-state index is 0.203. The quantitative estimate of drug-likeness (QED) is 0.863. The number of furan rings is 1. The van der Waals surface area contributed by atoms with E-state index in [-0.39, 0.29) is 5.92 Å². The van der Waals surface area contributed by atoms with Gasteiger partial charge in [-0.2, -0.15) is 0 Å². The number of nitrogens with zero attached hydrogens (tertiary/aromatic N) is 2. The topological polar surface area (TPSA) is 48.7 Å². The van der Waals surface area contributed by atoms with E-state index in [0.29, 0.717) is 18.0 Å². The molecular formula is C23H31N3O2. The minimum Gasteiger partial charge on any atom is -0.464 e. The van der Waals surface area contributed by atoms with Gasteiger partial charge in [0.15, 0.2) is 0 Å². The molecule has 1 N–H and O–H groups in total. The Hall–Kier alpha value is -1.85. The molecule has 1 amide bonds. The molecule has 0 bridgehead atoms. The van der Waals surface area contributed by atoms with Crippen molar-refractivity contribution in [3.05, 3.63) is 36.1 Å². The zero-order valence-electron chi connectivity index (χ0n) is 16.6. The van der Waals surface area contributed by atoms with Crippen molar-refractivity contribution in [3.63, 3.8) is 0 Å². The average Bonchev–Trinajstić information content (AvgIpc) is 3.42. The van der Waals surface area contributed by atoms with Gasteiger partial charge in [0.25, 0.3) is 0 Å². The van der Waals surface area contributed by atoms with E-state index >= 15 is 0 Å². The molecule has 0 spiro atoms. The molecule has 3 aliphatic rings. The summed E-state index contributed by atoms with van der Waals surface area (Å²) in [5.74, 6) is 0.508. The van der Waals surface area contributed by atoms with E-state index in [2.05, 4.69) is 33.3 Å². The number of rotatable bonds is 5. The van der Waals surface area contributed by atoms with Gasteiger partial charge in [0.05, 0.1) is 12.2 Å². The fourth-order valence-electron chi connectivity index (χ4n) is 4.91. The van der Waals surface area contributed by atoms with Crippen LogP contribution >= 0.6 is 0 Å². The Balaban J connectivity index is 1.12. The van der Waals surface area contributed by atoms with Gasteiger partial charge in [-0.25, -0.2) is 0 Å². The molecule has 1 aromatic heterocycles. The van der Waals surface area contributed by atoms with E-state index in [9.17, 15) is 4.79 Å². The summed E-state index contributed by atoms with van der Waals surface area (Å²) in [6.07, 6.45) is 8.76. The van der Waals surface area contributed by atoms with Crippen LogP contribution < -0.4 is 5.32 Å². The number of carbonyl (C=O) groups excluding carboxylic acids is 1. The number of benzene rings is 1. The second-order valence-corrected chi connectivity index (χ2v) is 8.92. The van der Waals surface area contributed by atoms with Crippen LogP contribution in [0.15, 0.2) is 34.9 Å². The van der Waals surface area contributed by atoms with Crippen molar-refractivity contribution < 1.29 is 9.21 Å². The van der Waals surface area contributed by atoms with E-state index in [1.54, 1.807) is 6.26 Å². The minimum absolute atomic E-state index is 0.203. The predicted molar refractivity (Wildman–Crippen MR) is 110 cm³/mol. The highest BCUT2D eigenvalue weighted by molar-refractivity contribution is 5.79. The molecule has 5 nitrogen and oxygen atoms in total. The van der Waals surface area contributed by atoms with Crippen LogP contribution in [0, 0.1) is 5.92 Å². The van der Waals surface area contributed by atoms with E-state index in [4.69, 9.17) is 4.42 Å². The van der Waals surface area contributed by atoms with Crippen LogP contribution in [0.2, 0.25) is 0 Å². The summed E-state index contributed by atoms with van der Waals surface area (Å²) < 4.78 is 5.45. The fraction of sp³-hybridized carbons (Fsp3) is 0.609. The first-order chi connectivity index (χ1) is 13.7. The first kappa shape index (κ1) is 18.2. The molecular weight excluding hydrogens is 350 g/mol. The number of likely N-dealkylation sites (tertiary alicyclic amines) is 2. The molecule has 0 radical (unpaired) electrons. The standard InChI is InChI=1S/C23H31N3O2/c27-23(24-20-4-5-20)19-2-1-10-26(16-19)21-7-11-25(12-8-21)15-17-3-6-22-18(14-17)9-13-28-22/h3,6,9,13-14,19-21H,1-2,4-5,7-8,10-12,15-16H2,(H,24,27). The highest BCUT2D eigenvalue weighted by Crippen LogP contribution is 2.26. The van der Waals surface area contributed by atoms with Crippen molar-refractivity contribution in [2.45, 2.75) is 57.2 Å². The van der Waals surface area contributed by atoms with Gasteiger partial charge in [-0.05, 0) is 81.9 Å². The molecule has 2 aliphatic heterocycles. The summed E-state index contributed by atoms with van der Waals surface area (Å²) in [4.78, 5) is 17.6. The summed E-state index contributed by atoms with van der Waals surface area (Å²) in [7, 11) is 0. The van der Waals surface area contributed by atoms with E-state index in [1.807, 2.05) is 6.07 Å². The number of nitrogens with one attached hydrogen (secondary N) is 1. The molecule has 1 unspecified atom stereocenters. The van der Waals surface area contributed by atoms with E-state index in [1.165, 1.54) is 36.6 Å². The van der Waals surface area contributed by atoms with Crippen LogP contribution in [0.1, 0.15) is 44.1 Å². The smallest absolute Gasteiger partial charge is 0.224 e. The van der Waals surface area contributed by atoms with Crippen molar-refractivity contribution in [2.75, 3.05) is 26.2 Å². The Morgan fingerprint density at radius 2 is 1.93 bits per heavy atom. The van der Waals surface area contributed by atoms with Gasteiger partial charge in [0.2, 0.25) is 5.91 Å². The summed E-state index contributed by atoms with van der Waals surface area (Å²) in [6.45, 7) is 5.42. The van der Waals surface area contributed by atoms with E-state index in [0.717, 1.165) is 51.1 Å². The van der Waals surface area contributed by atoms with Crippen LogP contribution in [0.25, 0.3) is 11.0 Å². The monoisotopic (exact) mass is 381 g/mol. The maximum absolute atomic E-state index is 12.5. The van der Waals surface area contributed by atoms with Crippen LogP contribution in [-0.4, -0.2) is 54.0 Å². The zero-order valence-corrected chi connectivity index (χ0v) is 16.6. The SMILES string of the molecule is O=C(NC1CC1)C1CCCN(C2CCN(Cc3ccc4occc4c3)CC2)C1. The van der Waals surface area contributed by atoms with Crippen LogP contribution in [-0.2, 0) is 11.3 Å². The number of fused-ring (bicyclic) bond motifs is 1. The highest BCUT2D eigenvalue weighted by atomic mass is 16.3. The van der Waals surface area contributed by atoms with Crippen LogP contribution in [0.4, 0.5) is 0 Å².